The summed E-state index contributed by atoms with van der Waals surface area (Å²) in [5.41, 5.74) is 1.80. The Morgan fingerprint density at radius 1 is 1.37 bits per heavy atom. The van der Waals surface area contributed by atoms with Crippen molar-refractivity contribution in [2.24, 2.45) is 0 Å². The number of rotatable bonds is 5. The van der Waals surface area contributed by atoms with Gasteiger partial charge in [0, 0.05) is 6.42 Å². The van der Waals surface area contributed by atoms with Crippen molar-refractivity contribution in [3.05, 3.63) is 46.4 Å². The average Bonchev–Trinajstić information content (AvgIpc) is 2.72. The predicted molar refractivity (Wildman–Crippen MR) is 74.8 cm³/mol. The highest BCUT2D eigenvalue weighted by Crippen LogP contribution is 2.22. The lowest BCUT2D eigenvalue weighted by atomic mass is 10.1. The van der Waals surface area contributed by atoms with Gasteiger partial charge in [0.2, 0.25) is 0 Å². The standard InChI is InChI=1S/C14H14BrFN2O/c1-10(19)3-2-4-14-13(15)9-17-18(14)12-7-5-11(16)6-8-12/h5-9H,2-4H2,1H3. The van der Waals surface area contributed by atoms with Crippen LogP contribution in [0.15, 0.2) is 34.9 Å². The number of nitrogens with zero attached hydrogens (tertiary/aromatic N) is 2. The van der Waals surface area contributed by atoms with Gasteiger partial charge in [-0.15, -0.1) is 0 Å². The lowest BCUT2D eigenvalue weighted by Crippen LogP contribution is -2.03. The molecule has 0 radical (unpaired) electrons. The maximum absolute atomic E-state index is 12.9. The topological polar surface area (TPSA) is 34.9 Å². The molecule has 0 aliphatic carbocycles. The Hall–Kier alpha value is -1.49. The molecule has 0 aliphatic heterocycles. The molecule has 100 valence electrons. The molecule has 0 atom stereocenters. The summed E-state index contributed by atoms with van der Waals surface area (Å²) >= 11 is 3.45. The Morgan fingerprint density at radius 3 is 2.68 bits per heavy atom. The minimum atomic E-state index is -0.270. The average molecular weight is 325 g/mol. The molecule has 1 aromatic carbocycles. The largest absolute Gasteiger partial charge is 0.300 e. The van der Waals surface area contributed by atoms with Crippen molar-refractivity contribution in [3.63, 3.8) is 0 Å². The third kappa shape index (κ3) is 3.50. The SMILES string of the molecule is CC(=O)CCCc1c(Br)cnn1-c1ccc(F)cc1. The molecule has 0 N–H and O–H groups in total. The number of Topliss-reactive ketones (excluding diaryl/α,β-unsaturated/α-hetero) is 1. The molecule has 19 heavy (non-hydrogen) atoms. The van der Waals surface area contributed by atoms with Crippen LogP contribution < -0.4 is 0 Å². The molecule has 0 spiro atoms. The molecule has 0 aliphatic rings. The molecule has 3 nitrogen and oxygen atoms in total. The van der Waals surface area contributed by atoms with E-state index in [0.717, 1.165) is 28.7 Å². The number of hydrogen-bond donors (Lipinski definition) is 0. The molecule has 5 heteroatoms. The zero-order valence-corrected chi connectivity index (χ0v) is 12.2. The normalized spacial score (nSPS) is 10.7. The lowest BCUT2D eigenvalue weighted by Gasteiger charge is -2.07. The van der Waals surface area contributed by atoms with E-state index in [0.29, 0.717) is 6.42 Å². The van der Waals surface area contributed by atoms with Crippen molar-refractivity contribution in [1.82, 2.24) is 9.78 Å². The minimum Gasteiger partial charge on any atom is -0.300 e. The van der Waals surface area contributed by atoms with Gasteiger partial charge in [-0.2, -0.15) is 5.10 Å². The van der Waals surface area contributed by atoms with Crippen molar-refractivity contribution in [1.29, 1.82) is 0 Å². The fourth-order valence-corrected chi connectivity index (χ4v) is 2.35. The number of halogens is 2. The van der Waals surface area contributed by atoms with Gasteiger partial charge in [-0.05, 0) is 60.0 Å². The third-order valence-electron chi connectivity index (χ3n) is 2.83. The monoisotopic (exact) mass is 324 g/mol. The van der Waals surface area contributed by atoms with E-state index in [1.54, 1.807) is 29.9 Å². The van der Waals surface area contributed by atoms with Gasteiger partial charge in [0.1, 0.15) is 11.6 Å². The molecule has 2 rings (SSSR count). The first kappa shape index (κ1) is 13.9. The van der Waals surface area contributed by atoms with Gasteiger partial charge in [-0.25, -0.2) is 9.07 Å². The first-order valence-electron chi connectivity index (χ1n) is 6.05. The van der Waals surface area contributed by atoms with E-state index in [-0.39, 0.29) is 11.6 Å². The van der Waals surface area contributed by atoms with Crippen molar-refractivity contribution < 1.29 is 9.18 Å². The molecule has 0 amide bonds. The van der Waals surface area contributed by atoms with Crippen LogP contribution in [0.25, 0.3) is 5.69 Å². The van der Waals surface area contributed by atoms with Crippen LogP contribution in [-0.4, -0.2) is 15.6 Å². The van der Waals surface area contributed by atoms with Gasteiger partial charge in [0.15, 0.2) is 0 Å². The zero-order chi connectivity index (χ0) is 13.8. The predicted octanol–water partition coefficient (Wildman–Crippen LogP) is 3.69. The molecule has 1 heterocycles. The highest BCUT2D eigenvalue weighted by molar-refractivity contribution is 9.10. The second-order valence-corrected chi connectivity index (χ2v) is 5.24. The van der Waals surface area contributed by atoms with Gasteiger partial charge in [0.25, 0.3) is 0 Å². The second kappa shape index (κ2) is 6.10. The molecule has 1 aromatic heterocycles. The molecule has 0 bridgehead atoms. The Kier molecular flexibility index (Phi) is 4.47. The van der Waals surface area contributed by atoms with E-state index in [2.05, 4.69) is 21.0 Å². The first-order chi connectivity index (χ1) is 9.08. The van der Waals surface area contributed by atoms with E-state index < -0.39 is 0 Å². The Morgan fingerprint density at radius 2 is 2.05 bits per heavy atom. The van der Waals surface area contributed by atoms with Crippen LogP contribution in [0.3, 0.4) is 0 Å². The summed E-state index contributed by atoms with van der Waals surface area (Å²) in [6.45, 7) is 1.59. The highest BCUT2D eigenvalue weighted by Gasteiger charge is 2.10. The molecule has 0 saturated heterocycles. The van der Waals surface area contributed by atoms with Crippen LogP contribution in [-0.2, 0) is 11.2 Å². The van der Waals surface area contributed by atoms with E-state index in [9.17, 15) is 9.18 Å². The smallest absolute Gasteiger partial charge is 0.129 e. The fraction of sp³-hybridized carbons (Fsp3) is 0.286. The number of aromatic nitrogens is 2. The molecule has 0 fully saturated rings. The summed E-state index contributed by atoms with van der Waals surface area (Å²) in [6.07, 6.45) is 3.80. The number of benzene rings is 1. The van der Waals surface area contributed by atoms with E-state index in [1.165, 1.54) is 12.1 Å². The van der Waals surface area contributed by atoms with E-state index >= 15 is 0 Å². The number of hydrogen-bond acceptors (Lipinski definition) is 2. The lowest BCUT2D eigenvalue weighted by molar-refractivity contribution is -0.117. The van der Waals surface area contributed by atoms with Crippen LogP contribution in [0, 0.1) is 5.82 Å². The van der Waals surface area contributed by atoms with Gasteiger partial charge in [-0.1, -0.05) is 0 Å². The third-order valence-corrected chi connectivity index (χ3v) is 3.49. The molecular formula is C14H14BrFN2O. The van der Waals surface area contributed by atoms with Crippen LogP contribution in [0.5, 0.6) is 0 Å². The second-order valence-electron chi connectivity index (χ2n) is 4.38. The van der Waals surface area contributed by atoms with Crippen molar-refractivity contribution in [3.8, 4) is 5.69 Å². The Bertz CT molecular complexity index is 578. The van der Waals surface area contributed by atoms with E-state index in [1.807, 2.05) is 0 Å². The maximum atomic E-state index is 12.9. The number of carbonyl (C=O) groups is 1. The van der Waals surface area contributed by atoms with Gasteiger partial charge < -0.3 is 4.79 Å². The number of ketones is 1. The quantitative estimate of drug-likeness (QED) is 0.840. The zero-order valence-electron chi connectivity index (χ0n) is 10.6. The van der Waals surface area contributed by atoms with Gasteiger partial charge in [0.05, 0.1) is 22.1 Å². The summed E-state index contributed by atoms with van der Waals surface area (Å²) in [6, 6.07) is 6.18. The highest BCUT2D eigenvalue weighted by atomic mass is 79.9. The molecule has 2 aromatic rings. The Labute approximate surface area is 119 Å². The summed E-state index contributed by atoms with van der Waals surface area (Å²) in [4.78, 5) is 11.0. The van der Waals surface area contributed by atoms with Crippen molar-refractivity contribution in [2.75, 3.05) is 0 Å². The van der Waals surface area contributed by atoms with Gasteiger partial charge >= 0.3 is 0 Å². The van der Waals surface area contributed by atoms with Crippen LogP contribution in [0.4, 0.5) is 4.39 Å². The van der Waals surface area contributed by atoms with Crippen LogP contribution in [0.2, 0.25) is 0 Å². The maximum Gasteiger partial charge on any atom is 0.129 e. The number of carbonyl (C=O) groups excluding carboxylic acids is 1. The first-order valence-corrected chi connectivity index (χ1v) is 6.85. The van der Waals surface area contributed by atoms with E-state index in [4.69, 9.17) is 0 Å². The molecule has 0 saturated carbocycles. The van der Waals surface area contributed by atoms with Crippen molar-refractivity contribution >= 4 is 21.7 Å². The molecular weight excluding hydrogens is 311 g/mol. The molecule has 0 unspecified atom stereocenters. The van der Waals surface area contributed by atoms with Crippen molar-refractivity contribution in [2.45, 2.75) is 26.2 Å². The van der Waals surface area contributed by atoms with Crippen LogP contribution >= 0.6 is 15.9 Å². The summed E-state index contributed by atoms with van der Waals surface area (Å²) < 4.78 is 15.6. The fourth-order valence-electron chi connectivity index (χ4n) is 1.89. The summed E-state index contributed by atoms with van der Waals surface area (Å²) in [5, 5.41) is 4.28. The van der Waals surface area contributed by atoms with Crippen LogP contribution in [0.1, 0.15) is 25.5 Å². The summed E-state index contributed by atoms with van der Waals surface area (Å²) in [5.74, 6) is -0.0860. The van der Waals surface area contributed by atoms with Gasteiger partial charge in [-0.3, -0.25) is 0 Å². The summed E-state index contributed by atoms with van der Waals surface area (Å²) in [7, 11) is 0. The minimum absolute atomic E-state index is 0.184. The Balaban J connectivity index is 2.21.